The zero-order chi connectivity index (χ0) is 18.4. The van der Waals surface area contributed by atoms with E-state index in [9.17, 15) is 4.39 Å². The molecule has 0 bridgehead atoms. The Morgan fingerprint density at radius 3 is 2.81 bits per heavy atom. The summed E-state index contributed by atoms with van der Waals surface area (Å²) in [4.78, 5) is 6.94. The molecule has 0 spiro atoms. The smallest absolute Gasteiger partial charge is 0.191 e. The number of nitrogens with one attached hydrogen (secondary N) is 2. The SMILES string of the molecule is CN=C(NCC(C)Oc1ccccc1F)NC1CCN(C2CCCC2)C1. The van der Waals surface area contributed by atoms with E-state index < -0.39 is 0 Å². The quantitative estimate of drug-likeness (QED) is 0.604. The van der Waals surface area contributed by atoms with E-state index in [2.05, 4.69) is 20.5 Å². The summed E-state index contributed by atoms with van der Waals surface area (Å²) >= 11 is 0. The van der Waals surface area contributed by atoms with E-state index in [1.165, 1.54) is 38.3 Å². The summed E-state index contributed by atoms with van der Waals surface area (Å²) in [5.74, 6) is 0.736. The fraction of sp³-hybridized carbons (Fsp3) is 0.650. The van der Waals surface area contributed by atoms with Crippen LogP contribution < -0.4 is 15.4 Å². The molecule has 5 nitrogen and oxygen atoms in total. The van der Waals surface area contributed by atoms with Crippen molar-refractivity contribution in [3.8, 4) is 5.75 Å². The highest BCUT2D eigenvalue weighted by Gasteiger charge is 2.30. The first-order valence-corrected chi connectivity index (χ1v) is 9.78. The number of benzene rings is 1. The maximum absolute atomic E-state index is 13.7. The van der Waals surface area contributed by atoms with Gasteiger partial charge in [-0.15, -0.1) is 0 Å². The summed E-state index contributed by atoms with van der Waals surface area (Å²) in [6.07, 6.45) is 6.45. The summed E-state index contributed by atoms with van der Waals surface area (Å²) in [5, 5.41) is 6.81. The summed E-state index contributed by atoms with van der Waals surface area (Å²) in [6, 6.07) is 7.71. The van der Waals surface area contributed by atoms with Gasteiger partial charge in [-0.1, -0.05) is 25.0 Å². The van der Waals surface area contributed by atoms with E-state index in [0.717, 1.165) is 25.0 Å². The van der Waals surface area contributed by atoms with Crippen LogP contribution in [0.3, 0.4) is 0 Å². The summed E-state index contributed by atoms with van der Waals surface area (Å²) in [5.41, 5.74) is 0. The molecular weight excluding hydrogens is 331 g/mol. The van der Waals surface area contributed by atoms with E-state index in [4.69, 9.17) is 4.74 Å². The van der Waals surface area contributed by atoms with Crippen molar-refractivity contribution in [3.63, 3.8) is 0 Å². The fourth-order valence-corrected chi connectivity index (χ4v) is 3.93. The van der Waals surface area contributed by atoms with E-state index >= 15 is 0 Å². The second-order valence-electron chi connectivity index (χ2n) is 7.38. The maximum atomic E-state index is 13.7. The van der Waals surface area contributed by atoms with Gasteiger partial charge in [0.05, 0.1) is 6.54 Å². The van der Waals surface area contributed by atoms with Crippen molar-refractivity contribution in [1.82, 2.24) is 15.5 Å². The van der Waals surface area contributed by atoms with Crippen LogP contribution in [0.5, 0.6) is 5.75 Å². The third-order valence-corrected chi connectivity index (χ3v) is 5.35. The summed E-state index contributed by atoms with van der Waals surface area (Å²) in [6.45, 7) is 4.75. The molecule has 6 heteroatoms. The van der Waals surface area contributed by atoms with Crippen LogP contribution in [-0.4, -0.2) is 55.7 Å². The fourth-order valence-electron chi connectivity index (χ4n) is 3.93. The van der Waals surface area contributed by atoms with Crippen molar-refractivity contribution >= 4 is 5.96 Å². The molecule has 26 heavy (non-hydrogen) atoms. The van der Waals surface area contributed by atoms with Gasteiger partial charge in [0.2, 0.25) is 0 Å². The zero-order valence-electron chi connectivity index (χ0n) is 15.9. The number of ether oxygens (including phenoxy) is 1. The molecule has 0 radical (unpaired) electrons. The molecule has 2 aliphatic rings. The Kier molecular flexibility index (Phi) is 6.72. The monoisotopic (exact) mass is 362 g/mol. The van der Waals surface area contributed by atoms with Crippen LogP contribution >= 0.6 is 0 Å². The second kappa shape index (κ2) is 9.21. The number of guanidine groups is 1. The minimum Gasteiger partial charge on any atom is -0.486 e. The Labute approximate surface area is 156 Å². The third kappa shape index (κ3) is 5.10. The Bertz CT molecular complexity index is 603. The molecule has 2 N–H and O–H groups in total. The summed E-state index contributed by atoms with van der Waals surface area (Å²) in [7, 11) is 1.78. The molecule has 1 saturated carbocycles. The average Bonchev–Trinajstić information content (AvgIpc) is 3.32. The first-order chi connectivity index (χ1) is 12.7. The number of likely N-dealkylation sites (tertiary alicyclic amines) is 1. The van der Waals surface area contributed by atoms with Gasteiger partial charge in [0, 0.05) is 32.2 Å². The molecule has 3 rings (SSSR count). The molecule has 1 aliphatic heterocycles. The molecule has 1 heterocycles. The number of hydrogen-bond donors (Lipinski definition) is 2. The van der Waals surface area contributed by atoms with Gasteiger partial charge in [-0.2, -0.15) is 0 Å². The number of hydrogen-bond acceptors (Lipinski definition) is 3. The van der Waals surface area contributed by atoms with Crippen LogP contribution in [0.4, 0.5) is 4.39 Å². The van der Waals surface area contributed by atoms with E-state index in [0.29, 0.717) is 12.6 Å². The molecule has 2 atom stereocenters. The lowest BCUT2D eigenvalue weighted by Gasteiger charge is -2.24. The predicted octanol–water partition coefficient (Wildman–Crippen LogP) is 2.77. The van der Waals surface area contributed by atoms with Gasteiger partial charge in [-0.05, 0) is 38.3 Å². The van der Waals surface area contributed by atoms with E-state index in [-0.39, 0.29) is 17.7 Å². The third-order valence-electron chi connectivity index (χ3n) is 5.35. The van der Waals surface area contributed by atoms with Crippen LogP contribution in [0, 0.1) is 5.82 Å². The van der Waals surface area contributed by atoms with Gasteiger partial charge in [0.15, 0.2) is 17.5 Å². The van der Waals surface area contributed by atoms with Crippen molar-refractivity contribution in [3.05, 3.63) is 30.1 Å². The molecule has 1 aliphatic carbocycles. The van der Waals surface area contributed by atoms with Gasteiger partial charge < -0.3 is 15.4 Å². The normalized spacial score (nSPS) is 23.2. The van der Waals surface area contributed by atoms with Crippen LogP contribution in [0.1, 0.15) is 39.0 Å². The number of halogens is 1. The van der Waals surface area contributed by atoms with Crippen LogP contribution in [0.15, 0.2) is 29.3 Å². The molecule has 0 aromatic heterocycles. The van der Waals surface area contributed by atoms with Gasteiger partial charge >= 0.3 is 0 Å². The maximum Gasteiger partial charge on any atom is 0.191 e. The summed E-state index contributed by atoms with van der Waals surface area (Å²) < 4.78 is 19.3. The largest absolute Gasteiger partial charge is 0.486 e. The average molecular weight is 362 g/mol. The Morgan fingerprint density at radius 2 is 2.08 bits per heavy atom. The first-order valence-electron chi connectivity index (χ1n) is 9.78. The molecular formula is C20H31FN4O. The number of aliphatic imine (C=N–C) groups is 1. The second-order valence-corrected chi connectivity index (χ2v) is 7.38. The Morgan fingerprint density at radius 1 is 1.31 bits per heavy atom. The predicted molar refractivity (Wildman–Crippen MR) is 103 cm³/mol. The lowest BCUT2D eigenvalue weighted by atomic mass is 10.2. The number of nitrogens with zero attached hydrogens (tertiary/aromatic N) is 2. The van der Waals surface area contributed by atoms with Crippen molar-refractivity contribution in [2.24, 2.45) is 4.99 Å². The van der Waals surface area contributed by atoms with E-state index in [1.807, 2.05) is 6.92 Å². The lowest BCUT2D eigenvalue weighted by Crippen LogP contribution is -2.47. The molecule has 0 amide bonds. The molecule has 2 unspecified atom stereocenters. The number of para-hydroxylation sites is 1. The van der Waals surface area contributed by atoms with Crippen LogP contribution in [-0.2, 0) is 0 Å². The van der Waals surface area contributed by atoms with Crippen LogP contribution in [0.2, 0.25) is 0 Å². The molecule has 2 fully saturated rings. The Hall–Kier alpha value is -1.82. The highest BCUT2D eigenvalue weighted by atomic mass is 19.1. The highest BCUT2D eigenvalue weighted by molar-refractivity contribution is 5.80. The lowest BCUT2D eigenvalue weighted by molar-refractivity contribution is 0.213. The molecule has 1 saturated heterocycles. The van der Waals surface area contributed by atoms with Crippen molar-refractivity contribution in [2.45, 2.75) is 57.2 Å². The molecule has 144 valence electrons. The number of rotatable bonds is 6. The zero-order valence-corrected chi connectivity index (χ0v) is 15.9. The Balaban J connectivity index is 1.41. The topological polar surface area (TPSA) is 48.9 Å². The van der Waals surface area contributed by atoms with Gasteiger partial charge in [0.25, 0.3) is 0 Å². The van der Waals surface area contributed by atoms with Crippen molar-refractivity contribution in [1.29, 1.82) is 0 Å². The van der Waals surface area contributed by atoms with Crippen LogP contribution in [0.25, 0.3) is 0 Å². The molecule has 1 aromatic carbocycles. The standard InChI is InChI=1S/C20H31FN4O/c1-15(26-19-10-6-5-9-18(19)21)13-23-20(22-2)24-16-11-12-25(14-16)17-7-3-4-8-17/h5-6,9-10,15-17H,3-4,7-8,11-14H2,1-2H3,(H2,22,23,24). The van der Waals surface area contributed by atoms with Crippen molar-refractivity contribution < 1.29 is 9.13 Å². The first kappa shape index (κ1) is 19.0. The van der Waals surface area contributed by atoms with Gasteiger partial charge in [-0.25, -0.2) is 4.39 Å². The van der Waals surface area contributed by atoms with Gasteiger partial charge in [-0.3, -0.25) is 9.89 Å². The van der Waals surface area contributed by atoms with Crippen molar-refractivity contribution in [2.75, 3.05) is 26.7 Å². The van der Waals surface area contributed by atoms with E-state index in [1.54, 1.807) is 25.2 Å². The highest BCUT2D eigenvalue weighted by Crippen LogP contribution is 2.26. The minimum absolute atomic E-state index is 0.163. The minimum atomic E-state index is -0.334. The molecule has 1 aromatic rings. The van der Waals surface area contributed by atoms with Gasteiger partial charge in [0.1, 0.15) is 6.10 Å².